The summed E-state index contributed by atoms with van der Waals surface area (Å²) in [7, 11) is 0. The summed E-state index contributed by atoms with van der Waals surface area (Å²) in [5, 5.41) is 0. The van der Waals surface area contributed by atoms with Gasteiger partial charge in [-0.05, 0) is 77.0 Å². The Bertz CT molecular complexity index is 1220. The third-order valence-corrected chi connectivity index (χ3v) is 14.6. The SMILES string of the molecule is CCCCCC/C=C\C/C=C\CCCCCCCC(=O)OCC(COC(=O)CCCCCCCCCCC/C=C\CCCCCCCCCC)OC(=O)CCCCCCCCCCCCCCCCCCCC. The molecule has 0 aromatic heterocycles. The van der Waals surface area contributed by atoms with E-state index in [0.29, 0.717) is 19.3 Å². The van der Waals surface area contributed by atoms with E-state index in [1.165, 1.54) is 238 Å². The van der Waals surface area contributed by atoms with Gasteiger partial charge in [-0.2, -0.15) is 0 Å². The third kappa shape index (κ3) is 60.4. The Balaban J connectivity index is 4.33. The molecule has 0 heterocycles. The molecule has 0 rings (SSSR count). The maximum Gasteiger partial charge on any atom is 0.306 e. The zero-order valence-corrected chi connectivity index (χ0v) is 49.2. The van der Waals surface area contributed by atoms with E-state index in [1.807, 2.05) is 0 Å². The average molecular weight is 1030 g/mol. The summed E-state index contributed by atoms with van der Waals surface area (Å²) in [6.45, 7) is 6.67. The largest absolute Gasteiger partial charge is 0.462 e. The van der Waals surface area contributed by atoms with Gasteiger partial charge in [-0.15, -0.1) is 0 Å². The van der Waals surface area contributed by atoms with Crippen molar-refractivity contribution in [3.8, 4) is 0 Å². The van der Waals surface area contributed by atoms with Gasteiger partial charge in [0.2, 0.25) is 0 Å². The molecule has 6 nitrogen and oxygen atoms in total. The molecule has 0 amide bonds. The fraction of sp³-hybridized carbons (Fsp3) is 0.866. The zero-order valence-electron chi connectivity index (χ0n) is 49.2. The number of unbranched alkanes of at least 4 members (excludes halogenated alkanes) is 43. The zero-order chi connectivity index (χ0) is 52.9. The second-order valence-electron chi connectivity index (χ2n) is 22.0. The van der Waals surface area contributed by atoms with Crippen molar-refractivity contribution >= 4 is 17.9 Å². The summed E-state index contributed by atoms with van der Waals surface area (Å²) in [5.74, 6) is -0.865. The highest BCUT2D eigenvalue weighted by Gasteiger charge is 2.19. The van der Waals surface area contributed by atoms with Crippen LogP contribution in [0.25, 0.3) is 0 Å². The Kier molecular flexibility index (Phi) is 60.2. The molecule has 0 radical (unpaired) electrons. The van der Waals surface area contributed by atoms with Crippen molar-refractivity contribution in [2.24, 2.45) is 0 Å². The van der Waals surface area contributed by atoms with Crippen molar-refractivity contribution in [1.82, 2.24) is 0 Å². The monoisotopic (exact) mass is 1020 g/mol. The lowest BCUT2D eigenvalue weighted by Crippen LogP contribution is -2.30. The van der Waals surface area contributed by atoms with Gasteiger partial charge in [-0.1, -0.05) is 295 Å². The lowest BCUT2D eigenvalue weighted by atomic mass is 10.0. The van der Waals surface area contributed by atoms with E-state index >= 15 is 0 Å². The van der Waals surface area contributed by atoms with Crippen LogP contribution >= 0.6 is 0 Å². The van der Waals surface area contributed by atoms with E-state index in [4.69, 9.17) is 14.2 Å². The van der Waals surface area contributed by atoms with Crippen LogP contribution in [0.5, 0.6) is 0 Å². The number of allylic oxidation sites excluding steroid dienone is 6. The summed E-state index contributed by atoms with van der Waals surface area (Å²) < 4.78 is 16.9. The number of rotatable bonds is 60. The number of hydrogen-bond donors (Lipinski definition) is 0. The van der Waals surface area contributed by atoms with Crippen LogP contribution in [0.2, 0.25) is 0 Å². The van der Waals surface area contributed by atoms with Crippen LogP contribution in [0.4, 0.5) is 0 Å². The molecule has 1 atom stereocenters. The first-order chi connectivity index (χ1) is 36.0. The molecule has 6 heteroatoms. The highest BCUT2D eigenvalue weighted by atomic mass is 16.6. The van der Waals surface area contributed by atoms with E-state index in [0.717, 1.165) is 77.0 Å². The van der Waals surface area contributed by atoms with Gasteiger partial charge in [0, 0.05) is 19.3 Å². The predicted molar refractivity (Wildman–Crippen MR) is 316 cm³/mol. The van der Waals surface area contributed by atoms with E-state index in [1.54, 1.807) is 0 Å². The highest BCUT2D eigenvalue weighted by molar-refractivity contribution is 5.71. The van der Waals surface area contributed by atoms with E-state index in [9.17, 15) is 14.4 Å². The molecule has 0 bridgehead atoms. The summed E-state index contributed by atoms with van der Waals surface area (Å²) in [6.07, 6.45) is 75.8. The molecular formula is C67H124O6. The van der Waals surface area contributed by atoms with Crippen LogP contribution in [0.15, 0.2) is 36.5 Å². The normalized spacial score (nSPS) is 12.2. The van der Waals surface area contributed by atoms with Gasteiger partial charge in [-0.3, -0.25) is 14.4 Å². The first-order valence-corrected chi connectivity index (χ1v) is 32.5. The van der Waals surface area contributed by atoms with Crippen LogP contribution < -0.4 is 0 Å². The van der Waals surface area contributed by atoms with Crippen molar-refractivity contribution in [3.63, 3.8) is 0 Å². The summed E-state index contributed by atoms with van der Waals surface area (Å²) >= 11 is 0. The topological polar surface area (TPSA) is 78.9 Å². The van der Waals surface area contributed by atoms with Gasteiger partial charge in [0.05, 0.1) is 0 Å². The molecule has 428 valence electrons. The Morgan fingerprint density at radius 1 is 0.274 bits per heavy atom. The standard InChI is InChI=1S/C67H124O6/c1-4-7-10-13-16-19-22-25-28-31-33-34-35-37-39-42-45-48-51-54-57-60-66(69)72-63-64(62-71-65(68)59-56-53-50-47-44-41-38-30-27-24-21-18-15-12-9-6-3)73-67(70)61-58-55-52-49-46-43-40-36-32-29-26-23-20-17-14-11-8-5-2/h21,24,30-31,33,38,64H,4-20,22-23,25-29,32,34-37,39-63H2,1-3H3/b24-21-,33-31-,38-30-. The molecular weight excluding hydrogens is 901 g/mol. The molecule has 0 aliphatic carbocycles. The molecule has 73 heavy (non-hydrogen) atoms. The van der Waals surface area contributed by atoms with Gasteiger partial charge in [-0.25, -0.2) is 0 Å². The second kappa shape index (κ2) is 62.2. The molecule has 0 saturated heterocycles. The minimum Gasteiger partial charge on any atom is -0.462 e. The van der Waals surface area contributed by atoms with E-state index < -0.39 is 6.10 Å². The van der Waals surface area contributed by atoms with Gasteiger partial charge < -0.3 is 14.2 Å². The van der Waals surface area contributed by atoms with Crippen molar-refractivity contribution in [1.29, 1.82) is 0 Å². The summed E-state index contributed by atoms with van der Waals surface area (Å²) in [4.78, 5) is 38.3. The van der Waals surface area contributed by atoms with E-state index in [-0.39, 0.29) is 31.1 Å². The first-order valence-electron chi connectivity index (χ1n) is 32.5. The minimum absolute atomic E-state index is 0.0736. The van der Waals surface area contributed by atoms with Gasteiger partial charge in [0.1, 0.15) is 13.2 Å². The Morgan fingerprint density at radius 3 is 0.781 bits per heavy atom. The maximum absolute atomic E-state index is 12.9. The molecule has 0 saturated carbocycles. The Labute approximate surface area is 455 Å². The lowest BCUT2D eigenvalue weighted by Gasteiger charge is -2.18. The lowest BCUT2D eigenvalue weighted by molar-refractivity contribution is -0.167. The molecule has 0 aliphatic rings. The third-order valence-electron chi connectivity index (χ3n) is 14.6. The Hall–Kier alpha value is -2.37. The number of carbonyl (C=O) groups excluding carboxylic acids is 3. The van der Waals surface area contributed by atoms with Crippen LogP contribution in [0, 0.1) is 0 Å². The van der Waals surface area contributed by atoms with Gasteiger partial charge in [0.15, 0.2) is 6.10 Å². The van der Waals surface area contributed by atoms with Crippen LogP contribution in [0.3, 0.4) is 0 Å². The number of carbonyl (C=O) groups is 3. The summed E-state index contributed by atoms with van der Waals surface area (Å²) in [6, 6.07) is 0. The van der Waals surface area contributed by atoms with Crippen molar-refractivity contribution in [2.75, 3.05) is 13.2 Å². The summed E-state index contributed by atoms with van der Waals surface area (Å²) in [5.41, 5.74) is 0. The van der Waals surface area contributed by atoms with Crippen molar-refractivity contribution < 1.29 is 28.6 Å². The molecule has 0 aliphatic heterocycles. The van der Waals surface area contributed by atoms with Crippen molar-refractivity contribution in [2.45, 2.75) is 361 Å². The number of ether oxygens (including phenoxy) is 3. The molecule has 0 fully saturated rings. The van der Waals surface area contributed by atoms with Crippen molar-refractivity contribution in [3.05, 3.63) is 36.5 Å². The molecule has 0 aromatic carbocycles. The predicted octanol–water partition coefficient (Wildman–Crippen LogP) is 22.0. The number of esters is 3. The van der Waals surface area contributed by atoms with Crippen LogP contribution in [-0.2, 0) is 28.6 Å². The Morgan fingerprint density at radius 2 is 0.493 bits per heavy atom. The van der Waals surface area contributed by atoms with Gasteiger partial charge >= 0.3 is 17.9 Å². The van der Waals surface area contributed by atoms with Crippen LogP contribution in [0.1, 0.15) is 355 Å². The first kappa shape index (κ1) is 70.6. The van der Waals surface area contributed by atoms with Crippen LogP contribution in [-0.4, -0.2) is 37.2 Å². The highest BCUT2D eigenvalue weighted by Crippen LogP contribution is 2.17. The number of hydrogen-bond acceptors (Lipinski definition) is 6. The maximum atomic E-state index is 12.9. The minimum atomic E-state index is -0.777. The molecule has 0 spiro atoms. The molecule has 0 aromatic rings. The van der Waals surface area contributed by atoms with Gasteiger partial charge in [0.25, 0.3) is 0 Å². The smallest absolute Gasteiger partial charge is 0.306 e. The quantitative estimate of drug-likeness (QED) is 0.0261. The van der Waals surface area contributed by atoms with E-state index in [2.05, 4.69) is 57.2 Å². The molecule has 0 N–H and O–H groups in total. The molecule has 1 unspecified atom stereocenters. The average Bonchev–Trinajstić information content (AvgIpc) is 3.39. The second-order valence-corrected chi connectivity index (χ2v) is 22.0. The fourth-order valence-electron chi connectivity index (χ4n) is 9.71. The fourth-order valence-corrected chi connectivity index (χ4v) is 9.71.